The molecule has 28 heavy (non-hydrogen) atoms. The maximum absolute atomic E-state index is 13.3. The molecule has 1 saturated carbocycles. The van der Waals surface area contributed by atoms with Crippen LogP contribution in [0.2, 0.25) is 0 Å². The summed E-state index contributed by atoms with van der Waals surface area (Å²) in [7, 11) is 0. The van der Waals surface area contributed by atoms with E-state index < -0.39 is 0 Å². The van der Waals surface area contributed by atoms with Gasteiger partial charge in [0.25, 0.3) is 5.56 Å². The first kappa shape index (κ1) is 19.1. The highest BCUT2D eigenvalue weighted by Gasteiger charge is 2.27. The predicted octanol–water partition coefficient (Wildman–Crippen LogP) is 3.28. The smallest absolute Gasteiger partial charge is 0.263 e. The highest BCUT2D eigenvalue weighted by molar-refractivity contribution is 8.00. The van der Waals surface area contributed by atoms with E-state index in [0.29, 0.717) is 23.1 Å². The van der Waals surface area contributed by atoms with Gasteiger partial charge in [0.15, 0.2) is 5.16 Å². The lowest BCUT2D eigenvalue weighted by Gasteiger charge is -2.15. The molecule has 1 atom stereocenters. The number of thiophene rings is 1. The van der Waals surface area contributed by atoms with Gasteiger partial charge in [-0.15, -0.1) is 11.3 Å². The first-order valence-electron chi connectivity index (χ1n) is 9.31. The third-order valence-corrected chi connectivity index (χ3v) is 7.07. The van der Waals surface area contributed by atoms with Crippen LogP contribution in [0.3, 0.4) is 0 Å². The molecule has 3 aromatic heterocycles. The molecule has 1 amide bonds. The molecule has 0 bridgehead atoms. The Morgan fingerprint density at radius 3 is 2.86 bits per heavy atom. The van der Waals surface area contributed by atoms with Gasteiger partial charge in [0.05, 0.1) is 22.9 Å². The first-order chi connectivity index (χ1) is 13.4. The van der Waals surface area contributed by atoms with Gasteiger partial charge < -0.3 is 5.32 Å². The Morgan fingerprint density at radius 1 is 1.39 bits per heavy atom. The minimum atomic E-state index is -0.331. The summed E-state index contributed by atoms with van der Waals surface area (Å²) < 4.78 is 1.65. The lowest BCUT2D eigenvalue weighted by atomic mass is 10.2. The van der Waals surface area contributed by atoms with E-state index in [9.17, 15) is 9.59 Å². The molecule has 3 heterocycles. The number of aromatic nitrogens is 3. The van der Waals surface area contributed by atoms with Crippen molar-refractivity contribution in [3.8, 4) is 0 Å². The van der Waals surface area contributed by atoms with E-state index in [-0.39, 0.29) is 16.7 Å². The molecule has 1 N–H and O–H groups in total. The lowest BCUT2D eigenvalue weighted by molar-refractivity contribution is -0.120. The van der Waals surface area contributed by atoms with Crippen LogP contribution in [0.15, 0.2) is 34.3 Å². The molecule has 0 aliphatic heterocycles. The van der Waals surface area contributed by atoms with Crippen molar-refractivity contribution in [1.29, 1.82) is 0 Å². The van der Waals surface area contributed by atoms with Crippen LogP contribution in [0.5, 0.6) is 0 Å². The van der Waals surface area contributed by atoms with E-state index in [1.165, 1.54) is 23.1 Å². The fourth-order valence-electron chi connectivity index (χ4n) is 2.95. The molecule has 0 radical (unpaired) electrons. The molecule has 146 valence electrons. The van der Waals surface area contributed by atoms with Crippen molar-refractivity contribution in [1.82, 2.24) is 19.9 Å². The zero-order valence-electron chi connectivity index (χ0n) is 16.1. The average molecular weight is 415 g/mol. The van der Waals surface area contributed by atoms with Crippen molar-refractivity contribution < 1.29 is 4.79 Å². The normalized spacial score (nSPS) is 15.0. The van der Waals surface area contributed by atoms with Crippen molar-refractivity contribution in [3.05, 3.63) is 50.9 Å². The SMILES string of the molecule is Cc1sc2nc(SC(C)C(=O)NC3CC3)n(Cc3ccccn3)c(=O)c2c1C. The zero-order valence-corrected chi connectivity index (χ0v) is 17.7. The number of fused-ring (bicyclic) bond motifs is 1. The van der Waals surface area contributed by atoms with Gasteiger partial charge in [0.1, 0.15) is 4.83 Å². The number of thioether (sulfide) groups is 1. The quantitative estimate of drug-likeness (QED) is 0.495. The summed E-state index contributed by atoms with van der Waals surface area (Å²) in [5.74, 6) is -0.00947. The first-order valence-corrected chi connectivity index (χ1v) is 11.0. The molecular formula is C20H22N4O2S2. The second-order valence-electron chi connectivity index (χ2n) is 7.11. The molecule has 8 heteroatoms. The fourth-order valence-corrected chi connectivity index (χ4v) is 4.94. The number of hydrogen-bond acceptors (Lipinski definition) is 6. The molecule has 6 nitrogen and oxygen atoms in total. The molecule has 4 rings (SSSR count). The van der Waals surface area contributed by atoms with E-state index in [1.807, 2.05) is 39.0 Å². The summed E-state index contributed by atoms with van der Waals surface area (Å²) in [4.78, 5) is 36.7. The Morgan fingerprint density at radius 2 is 2.18 bits per heavy atom. The van der Waals surface area contributed by atoms with Crippen LogP contribution in [0.4, 0.5) is 0 Å². The molecule has 0 saturated heterocycles. The molecular weight excluding hydrogens is 392 g/mol. The van der Waals surface area contributed by atoms with E-state index in [2.05, 4.69) is 10.3 Å². The van der Waals surface area contributed by atoms with Gasteiger partial charge in [0.2, 0.25) is 5.91 Å². The molecule has 1 unspecified atom stereocenters. The number of hydrogen-bond donors (Lipinski definition) is 1. The van der Waals surface area contributed by atoms with Gasteiger partial charge in [-0.2, -0.15) is 0 Å². The van der Waals surface area contributed by atoms with Crippen LogP contribution in [0.1, 0.15) is 35.9 Å². The van der Waals surface area contributed by atoms with Crippen molar-refractivity contribution >= 4 is 39.2 Å². The van der Waals surface area contributed by atoms with Crippen LogP contribution in [-0.4, -0.2) is 31.7 Å². The number of carbonyl (C=O) groups excluding carboxylic acids is 1. The van der Waals surface area contributed by atoms with Crippen molar-refractivity contribution in [3.63, 3.8) is 0 Å². The fraction of sp³-hybridized carbons (Fsp3) is 0.400. The summed E-state index contributed by atoms with van der Waals surface area (Å²) in [5, 5.41) is 3.91. The number of aryl methyl sites for hydroxylation is 2. The number of carbonyl (C=O) groups is 1. The van der Waals surface area contributed by atoms with E-state index >= 15 is 0 Å². The highest BCUT2D eigenvalue weighted by atomic mass is 32.2. The van der Waals surface area contributed by atoms with Gasteiger partial charge >= 0.3 is 0 Å². The van der Waals surface area contributed by atoms with Crippen LogP contribution >= 0.6 is 23.1 Å². The summed E-state index contributed by atoms with van der Waals surface area (Å²) in [5.41, 5.74) is 1.69. The number of amides is 1. The van der Waals surface area contributed by atoms with Crippen LogP contribution < -0.4 is 10.9 Å². The minimum Gasteiger partial charge on any atom is -0.352 e. The number of nitrogens with zero attached hydrogens (tertiary/aromatic N) is 3. The largest absolute Gasteiger partial charge is 0.352 e. The number of nitrogens with one attached hydrogen (secondary N) is 1. The van der Waals surface area contributed by atoms with Gasteiger partial charge in [-0.25, -0.2) is 4.98 Å². The van der Waals surface area contributed by atoms with E-state index in [4.69, 9.17) is 4.98 Å². The van der Waals surface area contributed by atoms with Crippen LogP contribution in [0.25, 0.3) is 10.2 Å². The Hall–Kier alpha value is -2.19. The van der Waals surface area contributed by atoms with Gasteiger partial charge in [0, 0.05) is 17.1 Å². The third-order valence-electron chi connectivity index (χ3n) is 4.88. The Kier molecular flexibility index (Phi) is 5.25. The predicted molar refractivity (Wildman–Crippen MR) is 113 cm³/mol. The highest BCUT2D eigenvalue weighted by Crippen LogP contribution is 2.30. The number of pyridine rings is 1. The zero-order chi connectivity index (χ0) is 19.8. The molecule has 3 aromatic rings. The molecule has 1 fully saturated rings. The van der Waals surface area contributed by atoms with Crippen molar-refractivity contribution in [2.24, 2.45) is 0 Å². The molecule has 1 aliphatic rings. The third kappa shape index (κ3) is 3.84. The van der Waals surface area contributed by atoms with E-state index in [1.54, 1.807) is 10.8 Å². The Bertz CT molecular complexity index is 1090. The summed E-state index contributed by atoms with van der Waals surface area (Å²) >= 11 is 2.85. The van der Waals surface area contributed by atoms with Gasteiger partial charge in [-0.3, -0.25) is 19.1 Å². The average Bonchev–Trinajstić information content (AvgIpc) is 3.44. The number of rotatable bonds is 6. The second kappa shape index (κ2) is 7.67. The minimum absolute atomic E-state index is 0.00947. The van der Waals surface area contributed by atoms with Crippen LogP contribution in [0, 0.1) is 13.8 Å². The van der Waals surface area contributed by atoms with Gasteiger partial charge in [-0.05, 0) is 51.3 Å². The Labute approximate surface area is 171 Å². The van der Waals surface area contributed by atoms with Crippen molar-refractivity contribution in [2.45, 2.75) is 56.6 Å². The van der Waals surface area contributed by atoms with E-state index in [0.717, 1.165) is 33.8 Å². The molecule has 0 aromatic carbocycles. The van der Waals surface area contributed by atoms with Gasteiger partial charge in [-0.1, -0.05) is 17.8 Å². The monoisotopic (exact) mass is 414 g/mol. The summed E-state index contributed by atoms with van der Waals surface area (Å²) in [6, 6.07) is 5.95. The molecule has 0 spiro atoms. The topological polar surface area (TPSA) is 76.9 Å². The maximum atomic E-state index is 13.3. The van der Waals surface area contributed by atoms with Crippen LogP contribution in [-0.2, 0) is 11.3 Å². The second-order valence-corrected chi connectivity index (χ2v) is 9.62. The summed E-state index contributed by atoms with van der Waals surface area (Å²) in [6.45, 7) is 6.15. The Balaban J connectivity index is 1.75. The summed E-state index contributed by atoms with van der Waals surface area (Å²) in [6.07, 6.45) is 3.81. The molecule has 1 aliphatic carbocycles. The maximum Gasteiger partial charge on any atom is 0.263 e. The lowest BCUT2D eigenvalue weighted by Crippen LogP contribution is -2.33. The van der Waals surface area contributed by atoms with Crippen molar-refractivity contribution in [2.75, 3.05) is 0 Å². The standard InChI is InChI=1S/C20H22N4O2S2/c1-11-12(2)27-18-16(11)19(26)24(10-15-6-4-5-9-21-15)20(23-18)28-13(3)17(25)22-14-7-8-14/h4-6,9,13-14H,7-8,10H2,1-3H3,(H,22,25).